The summed E-state index contributed by atoms with van der Waals surface area (Å²) in [6.07, 6.45) is -1.79. The summed E-state index contributed by atoms with van der Waals surface area (Å²) in [6, 6.07) is 5.08. The number of aliphatic hydroxyl groups excluding tert-OH is 2. The minimum absolute atomic E-state index is 0.0747. The normalized spacial score (nSPS) is 16.7. The van der Waals surface area contributed by atoms with E-state index in [9.17, 15) is 19.8 Å². The smallest absolute Gasteiger partial charge is 0.228 e. The average Bonchev–Trinajstić information content (AvgIpc) is 2.73. The number of carbonyl (C=O) groups is 2. The van der Waals surface area contributed by atoms with Crippen molar-refractivity contribution in [2.24, 2.45) is 0 Å². The lowest BCUT2D eigenvalue weighted by Gasteiger charge is -2.18. The average molecular weight is 281 g/mol. The van der Waals surface area contributed by atoms with Crippen LogP contribution in [-0.2, 0) is 16.0 Å². The van der Waals surface area contributed by atoms with Gasteiger partial charge in [0.15, 0.2) is 5.12 Å². The predicted octanol–water partition coefficient (Wildman–Crippen LogP) is 0.855. The van der Waals surface area contributed by atoms with Gasteiger partial charge in [0, 0.05) is 18.4 Å². The van der Waals surface area contributed by atoms with E-state index in [2.05, 4.69) is 5.32 Å². The molecule has 0 aliphatic carbocycles. The highest BCUT2D eigenvalue weighted by molar-refractivity contribution is 8.13. The topological polar surface area (TPSA) is 86.6 Å². The lowest BCUT2D eigenvalue weighted by atomic mass is 10.0. The fourth-order valence-electron chi connectivity index (χ4n) is 1.95. The van der Waals surface area contributed by atoms with Crippen molar-refractivity contribution in [1.29, 1.82) is 0 Å². The van der Waals surface area contributed by atoms with Crippen molar-refractivity contribution in [2.75, 3.05) is 11.1 Å². The molecule has 0 aromatic heterocycles. The molecule has 0 saturated heterocycles. The number of thioether (sulfide) groups is 1. The molecule has 1 amide bonds. The van der Waals surface area contributed by atoms with Crippen molar-refractivity contribution in [3.8, 4) is 0 Å². The van der Waals surface area contributed by atoms with Crippen LogP contribution in [0, 0.1) is 0 Å². The van der Waals surface area contributed by atoms with Gasteiger partial charge in [-0.15, -0.1) is 0 Å². The molecule has 2 unspecified atom stereocenters. The molecule has 1 aliphatic rings. The van der Waals surface area contributed by atoms with E-state index in [1.54, 1.807) is 18.2 Å². The molecule has 1 aromatic carbocycles. The van der Waals surface area contributed by atoms with E-state index in [1.807, 2.05) is 0 Å². The Morgan fingerprint density at radius 2 is 2.21 bits per heavy atom. The van der Waals surface area contributed by atoms with Gasteiger partial charge in [-0.1, -0.05) is 23.9 Å². The van der Waals surface area contributed by atoms with Gasteiger partial charge in [0.2, 0.25) is 5.91 Å². The fraction of sp³-hybridized carbons (Fsp3) is 0.385. The van der Waals surface area contributed by atoms with Gasteiger partial charge in [0.25, 0.3) is 0 Å². The van der Waals surface area contributed by atoms with E-state index in [1.165, 1.54) is 6.92 Å². The second kappa shape index (κ2) is 5.73. The van der Waals surface area contributed by atoms with Crippen LogP contribution < -0.4 is 5.32 Å². The molecule has 3 N–H and O–H groups in total. The standard InChI is InChI=1S/C13H15NO4S/c1-7(15)19-6-11(16)13(18)8-2-3-10-9(4-8)5-12(17)14-10/h2-4,11,13,16,18H,5-6H2,1H3,(H,14,17). The van der Waals surface area contributed by atoms with Gasteiger partial charge in [-0.3, -0.25) is 9.59 Å². The van der Waals surface area contributed by atoms with Crippen molar-refractivity contribution in [3.63, 3.8) is 0 Å². The first-order valence-corrected chi connectivity index (χ1v) is 6.88. The zero-order valence-corrected chi connectivity index (χ0v) is 11.2. The highest BCUT2D eigenvalue weighted by atomic mass is 32.2. The molecule has 102 valence electrons. The van der Waals surface area contributed by atoms with Gasteiger partial charge < -0.3 is 15.5 Å². The SMILES string of the molecule is CC(=O)SCC(O)C(O)c1ccc2c(c1)CC(=O)N2. The number of fused-ring (bicyclic) bond motifs is 1. The van der Waals surface area contributed by atoms with Crippen LogP contribution >= 0.6 is 11.8 Å². The van der Waals surface area contributed by atoms with Gasteiger partial charge in [-0.05, 0) is 17.2 Å². The Labute approximate surface area is 115 Å². The lowest BCUT2D eigenvalue weighted by molar-refractivity contribution is -0.115. The maximum absolute atomic E-state index is 11.2. The van der Waals surface area contributed by atoms with Gasteiger partial charge in [0.05, 0.1) is 12.5 Å². The molecular weight excluding hydrogens is 266 g/mol. The van der Waals surface area contributed by atoms with E-state index in [0.29, 0.717) is 5.56 Å². The summed E-state index contributed by atoms with van der Waals surface area (Å²) >= 11 is 0.973. The largest absolute Gasteiger partial charge is 0.389 e. The number of anilines is 1. The number of nitrogens with one attached hydrogen (secondary N) is 1. The summed E-state index contributed by atoms with van der Waals surface area (Å²) in [5.41, 5.74) is 2.11. The second-order valence-corrected chi connectivity index (χ2v) is 5.65. The molecule has 0 fully saturated rings. The molecule has 0 saturated carbocycles. The van der Waals surface area contributed by atoms with Crippen LogP contribution in [-0.4, -0.2) is 33.1 Å². The van der Waals surface area contributed by atoms with Crippen LogP contribution in [0.25, 0.3) is 0 Å². The first-order valence-electron chi connectivity index (χ1n) is 5.89. The minimum atomic E-state index is -1.06. The summed E-state index contributed by atoms with van der Waals surface area (Å²) in [4.78, 5) is 22.0. The minimum Gasteiger partial charge on any atom is -0.389 e. The highest BCUT2D eigenvalue weighted by Gasteiger charge is 2.23. The van der Waals surface area contributed by atoms with Crippen LogP contribution in [0.2, 0.25) is 0 Å². The monoisotopic (exact) mass is 281 g/mol. The second-order valence-electron chi connectivity index (χ2n) is 4.46. The molecular formula is C13H15NO4S. The van der Waals surface area contributed by atoms with Crippen LogP contribution in [0.15, 0.2) is 18.2 Å². The van der Waals surface area contributed by atoms with E-state index in [4.69, 9.17) is 0 Å². The zero-order chi connectivity index (χ0) is 14.0. The number of aliphatic hydroxyl groups is 2. The Morgan fingerprint density at radius 1 is 1.47 bits per heavy atom. The zero-order valence-electron chi connectivity index (χ0n) is 10.4. The van der Waals surface area contributed by atoms with E-state index < -0.39 is 12.2 Å². The summed E-state index contributed by atoms with van der Waals surface area (Å²) in [5.74, 6) is 0.0689. The number of hydrogen-bond acceptors (Lipinski definition) is 5. The highest BCUT2D eigenvalue weighted by Crippen LogP contribution is 2.28. The molecule has 1 aromatic rings. The Kier molecular flexibility index (Phi) is 4.24. The van der Waals surface area contributed by atoms with Crippen LogP contribution in [0.1, 0.15) is 24.2 Å². The van der Waals surface area contributed by atoms with E-state index >= 15 is 0 Å². The third kappa shape index (κ3) is 3.34. The number of benzene rings is 1. The number of rotatable bonds is 4. The molecule has 0 bridgehead atoms. The first kappa shape index (κ1) is 14.0. The summed E-state index contributed by atoms with van der Waals surface area (Å²) in [7, 11) is 0. The van der Waals surface area contributed by atoms with Crippen LogP contribution in [0.5, 0.6) is 0 Å². The molecule has 1 aliphatic heterocycles. The maximum Gasteiger partial charge on any atom is 0.228 e. The molecule has 19 heavy (non-hydrogen) atoms. The quantitative estimate of drug-likeness (QED) is 0.762. The van der Waals surface area contributed by atoms with E-state index in [-0.39, 0.29) is 23.2 Å². The Morgan fingerprint density at radius 3 is 2.89 bits per heavy atom. The first-order chi connectivity index (χ1) is 8.97. The molecule has 2 rings (SSSR count). The van der Waals surface area contributed by atoms with Crippen molar-refractivity contribution >= 4 is 28.5 Å². The third-order valence-electron chi connectivity index (χ3n) is 2.92. The molecule has 5 nitrogen and oxygen atoms in total. The lowest BCUT2D eigenvalue weighted by Crippen LogP contribution is -2.21. The number of amides is 1. The van der Waals surface area contributed by atoms with Crippen molar-refractivity contribution < 1.29 is 19.8 Å². The van der Waals surface area contributed by atoms with Crippen molar-refractivity contribution in [2.45, 2.75) is 25.6 Å². The summed E-state index contributed by atoms with van der Waals surface area (Å²) in [5, 5.41) is 22.4. The summed E-state index contributed by atoms with van der Waals surface area (Å²) in [6.45, 7) is 1.41. The van der Waals surface area contributed by atoms with Gasteiger partial charge >= 0.3 is 0 Å². The third-order valence-corrected chi connectivity index (χ3v) is 3.83. The predicted molar refractivity (Wildman–Crippen MR) is 72.9 cm³/mol. The molecule has 6 heteroatoms. The fourth-order valence-corrected chi connectivity index (χ4v) is 2.54. The molecule has 2 atom stereocenters. The van der Waals surface area contributed by atoms with Crippen LogP contribution in [0.4, 0.5) is 5.69 Å². The maximum atomic E-state index is 11.2. The van der Waals surface area contributed by atoms with Gasteiger partial charge in [-0.25, -0.2) is 0 Å². The molecule has 1 heterocycles. The Hall–Kier alpha value is -1.37. The Balaban J connectivity index is 2.07. The van der Waals surface area contributed by atoms with Gasteiger partial charge in [-0.2, -0.15) is 0 Å². The number of carbonyl (C=O) groups excluding carboxylic acids is 2. The van der Waals surface area contributed by atoms with Crippen molar-refractivity contribution in [3.05, 3.63) is 29.3 Å². The summed E-state index contributed by atoms with van der Waals surface area (Å²) < 4.78 is 0. The molecule has 0 radical (unpaired) electrons. The number of hydrogen-bond donors (Lipinski definition) is 3. The molecule has 0 spiro atoms. The van der Waals surface area contributed by atoms with Crippen molar-refractivity contribution in [1.82, 2.24) is 0 Å². The van der Waals surface area contributed by atoms with E-state index in [0.717, 1.165) is 23.0 Å². The van der Waals surface area contributed by atoms with Crippen LogP contribution in [0.3, 0.4) is 0 Å². The Bertz CT molecular complexity index is 517. The van der Waals surface area contributed by atoms with Gasteiger partial charge in [0.1, 0.15) is 6.10 Å².